The van der Waals surface area contributed by atoms with Crippen molar-refractivity contribution in [1.82, 2.24) is 15.1 Å². The van der Waals surface area contributed by atoms with Gasteiger partial charge in [-0.2, -0.15) is 5.10 Å². The first-order valence-electron chi connectivity index (χ1n) is 6.87. The fraction of sp³-hybridized carbons (Fsp3) is 0.400. The summed E-state index contributed by atoms with van der Waals surface area (Å²) in [6.07, 6.45) is 2.89. The molecule has 0 saturated heterocycles. The van der Waals surface area contributed by atoms with Crippen molar-refractivity contribution in [3.63, 3.8) is 0 Å². The predicted octanol–water partition coefficient (Wildman–Crippen LogP) is 3.64. The smallest absolute Gasteiger partial charge is 0.129 e. The van der Waals surface area contributed by atoms with Gasteiger partial charge in [-0.3, -0.25) is 4.68 Å². The summed E-state index contributed by atoms with van der Waals surface area (Å²) in [5, 5.41) is 7.99. The first-order valence-corrected chi connectivity index (χ1v) is 7.25. The molecule has 1 atom stereocenters. The van der Waals surface area contributed by atoms with Crippen LogP contribution in [-0.4, -0.2) is 16.3 Å². The molecule has 0 spiro atoms. The van der Waals surface area contributed by atoms with E-state index < -0.39 is 11.6 Å². The Balaban J connectivity index is 2.28. The van der Waals surface area contributed by atoms with Gasteiger partial charge in [-0.1, -0.05) is 24.6 Å². The average Bonchev–Trinajstić information content (AvgIpc) is 2.77. The Kier molecular flexibility index (Phi) is 5.31. The molecule has 0 amide bonds. The Hall–Kier alpha value is -1.46. The third kappa shape index (κ3) is 3.80. The minimum absolute atomic E-state index is 0.176. The van der Waals surface area contributed by atoms with Crippen LogP contribution in [0.3, 0.4) is 0 Å². The van der Waals surface area contributed by atoms with Crippen LogP contribution in [0.25, 0.3) is 0 Å². The Bertz CT molecular complexity index is 593. The number of hydrogen-bond donors (Lipinski definition) is 1. The first-order chi connectivity index (χ1) is 10.0. The van der Waals surface area contributed by atoms with Gasteiger partial charge in [0.1, 0.15) is 11.6 Å². The summed E-state index contributed by atoms with van der Waals surface area (Å²) in [5.41, 5.74) is 1.25. The van der Waals surface area contributed by atoms with Crippen LogP contribution in [0.15, 0.2) is 24.4 Å². The Labute approximate surface area is 127 Å². The second kappa shape index (κ2) is 7.00. The molecule has 0 aliphatic heterocycles. The molecule has 0 fully saturated rings. The zero-order valence-electron chi connectivity index (χ0n) is 12.0. The Morgan fingerprint density at radius 3 is 2.71 bits per heavy atom. The molecule has 0 saturated carbocycles. The molecule has 2 aromatic rings. The number of nitrogens with zero attached hydrogens (tertiary/aromatic N) is 2. The molecule has 0 aliphatic carbocycles. The molecule has 6 heteroatoms. The summed E-state index contributed by atoms with van der Waals surface area (Å²) in [6, 6.07) is 3.46. The molecular formula is C15H18ClF2N3. The predicted molar refractivity (Wildman–Crippen MR) is 79.3 cm³/mol. The number of nitrogens with one attached hydrogen (secondary N) is 1. The van der Waals surface area contributed by atoms with Gasteiger partial charge in [0.2, 0.25) is 0 Å². The molecule has 3 nitrogen and oxygen atoms in total. The van der Waals surface area contributed by atoms with Crippen LogP contribution in [0.4, 0.5) is 8.78 Å². The van der Waals surface area contributed by atoms with Gasteiger partial charge in [0.15, 0.2) is 0 Å². The van der Waals surface area contributed by atoms with Crippen molar-refractivity contribution < 1.29 is 8.78 Å². The minimum atomic E-state index is -0.576. The molecular weight excluding hydrogens is 296 g/mol. The zero-order chi connectivity index (χ0) is 15.4. The SMILES string of the molecule is CCCNC(Cc1ccc(F)cc1F)c1c(Cl)cnn1C. The van der Waals surface area contributed by atoms with Gasteiger partial charge in [-0.15, -0.1) is 0 Å². The van der Waals surface area contributed by atoms with Gasteiger partial charge in [0.25, 0.3) is 0 Å². The van der Waals surface area contributed by atoms with E-state index in [1.54, 1.807) is 17.9 Å². The molecule has 1 unspecified atom stereocenters. The molecule has 0 aliphatic rings. The maximum atomic E-state index is 13.9. The summed E-state index contributed by atoms with van der Waals surface area (Å²) < 4.78 is 28.5. The minimum Gasteiger partial charge on any atom is -0.308 e. The van der Waals surface area contributed by atoms with E-state index in [2.05, 4.69) is 10.4 Å². The van der Waals surface area contributed by atoms with E-state index in [-0.39, 0.29) is 6.04 Å². The zero-order valence-corrected chi connectivity index (χ0v) is 12.8. The lowest BCUT2D eigenvalue weighted by atomic mass is 10.0. The molecule has 21 heavy (non-hydrogen) atoms. The Morgan fingerprint density at radius 1 is 1.38 bits per heavy atom. The molecule has 0 radical (unpaired) electrons. The molecule has 1 aromatic carbocycles. The number of rotatable bonds is 6. The average molecular weight is 314 g/mol. The van der Waals surface area contributed by atoms with Crippen molar-refractivity contribution in [3.8, 4) is 0 Å². The molecule has 1 heterocycles. The van der Waals surface area contributed by atoms with Crippen molar-refractivity contribution in [3.05, 3.63) is 52.3 Å². The van der Waals surface area contributed by atoms with Crippen molar-refractivity contribution in [2.75, 3.05) is 6.54 Å². The van der Waals surface area contributed by atoms with Gasteiger partial charge in [-0.25, -0.2) is 8.78 Å². The number of hydrogen-bond acceptors (Lipinski definition) is 2. The van der Waals surface area contributed by atoms with Gasteiger partial charge >= 0.3 is 0 Å². The molecule has 1 aromatic heterocycles. The van der Waals surface area contributed by atoms with Gasteiger partial charge in [0, 0.05) is 13.1 Å². The maximum absolute atomic E-state index is 13.9. The number of aryl methyl sites for hydroxylation is 1. The second-order valence-corrected chi connectivity index (χ2v) is 5.36. The van der Waals surface area contributed by atoms with Crippen molar-refractivity contribution in [2.24, 2.45) is 7.05 Å². The summed E-state index contributed by atoms with van der Waals surface area (Å²) in [4.78, 5) is 0. The van der Waals surface area contributed by atoms with Crippen molar-refractivity contribution in [2.45, 2.75) is 25.8 Å². The van der Waals surface area contributed by atoms with E-state index in [0.717, 1.165) is 24.7 Å². The maximum Gasteiger partial charge on any atom is 0.129 e. The van der Waals surface area contributed by atoms with E-state index in [1.807, 2.05) is 6.92 Å². The molecule has 0 bridgehead atoms. The van der Waals surface area contributed by atoms with E-state index in [4.69, 9.17) is 11.6 Å². The summed E-state index contributed by atoms with van der Waals surface area (Å²) in [5.74, 6) is -1.12. The normalized spacial score (nSPS) is 12.6. The van der Waals surface area contributed by atoms with E-state index in [1.165, 1.54) is 12.1 Å². The largest absolute Gasteiger partial charge is 0.308 e. The van der Waals surface area contributed by atoms with Crippen LogP contribution in [-0.2, 0) is 13.5 Å². The highest BCUT2D eigenvalue weighted by Crippen LogP contribution is 2.26. The fourth-order valence-electron chi connectivity index (χ4n) is 2.30. The molecule has 114 valence electrons. The van der Waals surface area contributed by atoms with E-state index in [9.17, 15) is 8.78 Å². The summed E-state index contributed by atoms with van der Waals surface area (Å²) in [6.45, 7) is 2.82. The van der Waals surface area contributed by atoms with Gasteiger partial charge < -0.3 is 5.32 Å². The van der Waals surface area contributed by atoms with Crippen molar-refractivity contribution in [1.29, 1.82) is 0 Å². The third-order valence-corrected chi connectivity index (χ3v) is 3.64. The lowest BCUT2D eigenvalue weighted by Gasteiger charge is -2.20. The van der Waals surface area contributed by atoms with Crippen LogP contribution in [0.1, 0.15) is 30.6 Å². The third-order valence-electron chi connectivity index (χ3n) is 3.35. The highest BCUT2D eigenvalue weighted by molar-refractivity contribution is 6.31. The van der Waals surface area contributed by atoms with Crippen LogP contribution in [0.5, 0.6) is 0 Å². The lowest BCUT2D eigenvalue weighted by Crippen LogP contribution is -2.26. The van der Waals surface area contributed by atoms with Crippen LogP contribution in [0.2, 0.25) is 5.02 Å². The number of halogens is 3. The monoisotopic (exact) mass is 313 g/mol. The summed E-state index contributed by atoms with van der Waals surface area (Å²) in [7, 11) is 1.79. The first kappa shape index (κ1) is 15.9. The summed E-state index contributed by atoms with van der Waals surface area (Å²) >= 11 is 6.17. The number of benzene rings is 1. The van der Waals surface area contributed by atoms with Crippen molar-refractivity contribution >= 4 is 11.6 Å². The number of aromatic nitrogens is 2. The van der Waals surface area contributed by atoms with E-state index >= 15 is 0 Å². The Morgan fingerprint density at radius 2 is 2.14 bits per heavy atom. The lowest BCUT2D eigenvalue weighted by molar-refractivity contribution is 0.480. The fourth-order valence-corrected chi connectivity index (χ4v) is 2.60. The van der Waals surface area contributed by atoms with Gasteiger partial charge in [-0.05, 0) is 31.0 Å². The van der Waals surface area contributed by atoms with Crippen LogP contribution in [0, 0.1) is 11.6 Å². The topological polar surface area (TPSA) is 29.9 Å². The molecule has 1 N–H and O–H groups in total. The van der Waals surface area contributed by atoms with Crippen LogP contribution < -0.4 is 5.32 Å². The van der Waals surface area contributed by atoms with Crippen LogP contribution >= 0.6 is 11.6 Å². The highest BCUT2D eigenvalue weighted by Gasteiger charge is 2.20. The van der Waals surface area contributed by atoms with Gasteiger partial charge in [0.05, 0.1) is 23.0 Å². The molecule has 2 rings (SSSR count). The second-order valence-electron chi connectivity index (χ2n) is 4.95. The van der Waals surface area contributed by atoms with E-state index in [0.29, 0.717) is 17.0 Å². The standard InChI is InChI=1S/C15H18ClF2N3/c1-3-6-19-14(15-12(16)9-20-21(15)2)7-10-4-5-11(17)8-13(10)18/h4-5,8-9,14,19H,3,6-7H2,1-2H3. The quantitative estimate of drug-likeness (QED) is 0.882. The highest BCUT2D eigenvalue weighted by atomic mass is 35.5.